The largest absolute Gasteiger partial charge is 0.347 e. The zero-order valence-corrected chi connectivity index (χ0v) is 13.0. The number of amides is 1. The molecular weight excluding hydrogens is 302 g/mol. The molecule has 1 fully saturated rings. The number of benzene rings is 1. The third-order valence-electron chi connectivity index (χ3n) is 3.63. The molecule has 22 heavy (non-hydrogen) atoms. The van der Waals surface area contributed by atoms with Gasteiger partial charge in [0.1, 0.15) is 5.69 Å². The number of sulfone groups is 1. The molecule has 1 atom stereocenters. The highest BCUT2D eigenvalue weighted by atomic mass is 32.2. The highest BCUT2D eigenvalue weighted by Gasteiger charge is 2.30. The van der Waals surface area contributed by atoms with Gasteiger partial charge in [0.25, 0.3) is 5.91 Å². The minimum atomic E-state index is -3.02. The molecule has 1 unspecified atom stereocenters. The molecule has 116 valence electrons. The van der Waals surface area contributed by atoms with E-state index in [4.69, 9.17) is 0 Å². The van der Waals surface area contributed by atoms with Crippen LogP contribution < -0.4 is 5.32 Å². The van der Waals surface area contributed by atoms with E-state index in [1.165, 1.54) is 0 Å². The minimum Gasteiger partial charge on any atom is -0.347 e. The average molecular weight is 319 g/mol. The van der Waals surface area contributed by atoms with Gasteiger partial charge in [-0.3, -0.25) is 4.79 Å². The van der Waals surface area contributed by atoms with E-state index in [2.05, 4.69) is 10.4 Å². The molecule has 1 amide bonds. The van der Waals surface area contributed by atoms with Crippen molar-refractivity contribution in [3.05, 3.63) is 47.8 Å². The normalized spacial score (nSPS) is 20.0. The molecule has 2 heterocycles. The van der Waals surface area contributed by atoms with Crippen LogP contribution in [0, 0.1) is 6.92 Å². The lowest BCUT2D eigenvalue weighted by atomic mass is 10.2. The number of para-hydroxylation sites is 1. The Labute approximate surface area is 129 Å². The fourth-order valence-electron chi connectivity index (χ4n) is 2.60. The standard InChI is InChI=1S/C15H17N3O3S/c1-11-9-14(18(17-11)13-5-3-2-4-6-13)15(19)16-12-7-8-22(20,21)10-12/h2-6,9,12H,7-8,10H2,1H3,(H,16,19). The zero-order chi connectivity index (χ0) is 15.7. The fraction of sp³-hybridized carbons (Fsp3) is 0.333. The van der Waals surface area contributed by atoms with Crippen LogP contribution in [0.25, 0.3) is 5.69 Å². The molecule has 0 saturated carbocycles. The van der Waals surface area contributed by atoms with Crippen molar-refractivity contribution >= 4 is 15.7 Å². The van der Waals surface area contributed by atoms with Crippen molar-refractivity contribution in [1.82, 2.24) is 15.1 Å². The fourth-order valence-corrected chi connectivity index (χ4v) is 4.27. The second kappa shape index (κ2) is 5.57. The molecule has 1 saturated heterocycles. The van der Waals surface area contributed by atoms with Crippen LogP contribution in [0.15, 0.2) is 36.4 Å². The van der Waals surface area contributed by atoms with Gasteiger partial charge in [0, 0.05) is 6.04 Å². The number of rotatable bonds is 3. The molecule has 0 spiro atoms. The lowest BCUT2D eigenvalue weighted by Crippen LogP contribution is -2.36. The molecule has 0 aliphatic carbocycles. The molecule has 1 aromatic heterocycles. The summed E-state index contributed by atoms with van der Waals surface area (Å²) in [6.45, 7) is 1.82. The van der Waals surface area contributed by atoms with Gasteiger partial charge in [-0.05, 0) is 31.5 Å². The van der Waals surface area contributed by atoms with Crippen molar-refractivity contribution in [1.29, 1.82) is 0 Å². The first-order chi connectivity index (χ1) is 10.4. The second-order valence-electron chi connectivity index (χ2n) is 5.49. The molecule has 1 aliphatic rings. The van der Waals surface area contributed by atoms with Crippen LogP contribution in [0.3, 0.4) is 0 Å². The third kappa shape index (κ3) is 3.04. The maximum absolute atomic E-state index is 12.5. The first kappa shape index (κ1) is 14.8. The number of nitrogens with one attached hydrogen (secondary N) is 1. The minimum absolute atomic E-state index is 0.0111. The van der Waals surface area contributed by atoms with E-state index in [1.54, 1.807) is 10.7 Å². The Hall–Kier alpha value is -2.15. The number of nitrogens with zero attached hydrogens (tertiary/aromatic N) is 2. The van der Waals surface area contributed by atoms with Crippen LogP contribution in [0.2, 0.25) is 0 Å². The Morgan fingerprint density at radius 2 is 2.05 bits per heavy atom. The Morgan fingerprint density at radius 3 is 2.68 bits per heavy atom. The van der Waals surface area contributed by atoms with Gasteiger partial charge in [-0.15, -0.1) is 0 Å². The van der Waals surface area contributed by atoms with E-state index >= 15 is 0 Å². The van der Waals surface area contributed by atoms with Crippen LogP contribution in [0.4, 0.5) is 0 Å². The van der Waals surface area contributed by atoms with Crippen molar-refractivity contribution in [2.24, 2.45) is 0 Å². The SMILES string of the molecule is Cc1cc(C(=O)NC2CCS(=O)(=O)C2)n(-c2ccccc2)n1. The lowest BCUT2D eigenvalue weighted by Gasteiger charge is -2.12. The molecule has 6 nitrogen and oxygen atoms in total. The topological polar surface area (TPSA) is 81.1 Å². The number of carbonyl (C=O) groups is 1. The Morgan fingerprint density at radius 1 is 1.32 bits per heavy atom. The lowest BCUT2D eigenvalue weighted by molar-refractivity contribution is 0.0933. The predicted octanol–water partition coefficient (Wildman–Crippen LogP) is 1.10. The maximum atomic E-state index is 12.5. The molecule has 1 aromatic carbocycles. The summed E-state index contributed by atoms with van der Waals surface area (Å²) in [6.07, 6.45) is 0.465. The van der Waals surface area contributed by atoms with Gasteiger partial charge in [0.15, 0.2) is 9.84 Å². The van der Waals surface area contributed by atoms with Gasteiger partial charge in [-0.2, -0.15) is 5.10 Å². The summed E-state index contributed by atoms with van der Waals surface area (Å²) in [6, 6.07) is 10.7. The van der Waals surface area contributed by atoms with Gasteiger partial charge in [-0.1, -0.05) is 18.2 Å². The van der Waals surface area contributed by atoms with Gasteiger partial charge < -0.3 is 5.32 Å². The molecule has 0 bridgehead atoms. The van der Waals surface area contributed by atoms with E-state index in [0.717, 1.165) is 11.4 Å². The third-order valence-corrected chi connectivity index (χ3v) is 5.40. The van der Waals surface area contributed by atoms with Crippen LogP contribution in [-0.4, -0.2) is 41.7 Å². The van der Waals surface area contributed by atoms with Gasteiger partial charge in [0.2, 0.25) is 0 Å². The Balaban J connectivity index is 1.84. The van der Waals surface area contributed by atoms with E-state index in [9.17, 15) is 13.2 Å². The Kier molecular flexibility index (Phi) is 3.74. The summed E-state index contributed by atoms with van der Waals surface area (Å²) in [5.74, 6) is -0.155. The monoisotopic (exact) mass is 319 g/mol. The summed E-state index contributed by atoms with van der Waals surface area (Å²) < 4.78 is 24.5. The van der Waals surface area contributed by atoms with E-state index < -0.39 is 9.84 Å². The van der Waals surface area contributed by atoms with Crippen molar-refractivity contribution < 1.29 is 13.2 Å². The summed E-state index contributed by atoms with van der Waals surface area (Å²) in [7, 11) is -3.02. The van der Waals surface area contributed by atoms with Crippen molar-refractivity contribution in [3.63, 3.8) is 0 Å². The summed E-state index contributed by atoms with van der Waals surface area (Å²) >= 11 is 0. The van der Waals surface area contributed by atoms with E-state index in [-0.39, 0.29) is 23.5 Å². The molecule has 1 aliphatic heterocycles. The van der Waals surface area contributed by atoms with Gasteiger partial charge in [0.05, 0.1) is 22.9 Å². The number of carbonyl (C=O) groups excluding carboxylic acids is 1. The molecule has 0 radical (unpaired) electrons. The number of aromatic nitrogens is 2. The number of hydrogen-bond donors (Lipinski definition) is 1. The van der Waals surface area contributed by atoms with Gasteiger partial charge >= 0.3 is 0 Å². The summed E-state index contributed by atoms with van der Waals surface area (Å²) in [5.41, 5.74) is 1.93. The highest BCUT2D eigenvalue weighted by Crippen LogP contribution is 2.15. The van der Waals surface area contributed by atoms with Gasteiger partial charge in [-0.25, -0.2) is 13.1 Å². The second-order valence-corrected chi connectivity index (χ2v) is 7.72. The molecule has 1 N–H and O–H groups in total. The van der Waals surface area contributed by atoms with Crippen molar-refractivity contribution in [2.75, 3.05) is 11.5 Å². The van der Waals surface area contributed by atoms with E-state index in [1.807, 2.05) is 37.3 Å². The first-order valence-corrected chi connectivity index (χ1v) is 8.90. The molecule has 2 aromatic rings. The molecule has 3 rings (SSSR count). The van der Waals surface area contributed by atoms with Crippen molar-refractivity contribution in [2.45, 2.75) is 19.4 Å². The quantitative estimate of drug-likeness (QED) is 0.918. The summed E-state index contributed by atoms with van der Waals surface area (Å²) in [5, 5.41) is 7.14. The molecule has 7 heteroatoms. The smallest absolute Gasteiger partial charge is 0.270 e. The summed E-state index contributed by atoms with van der Waals surface area (Å²) in [4.78, 5) is 12.5. The van der Waals surface area contributed by atoms with E-state index in [0.29, 0.717) is 12.1 Å². The van der Waals surface area contributed by atoms with Crippen LogP contribution in [0.1, 0.15) is 22.6 Å². The van der Waals surface area contributed by atoms with Crippen LogP contribution in [0.5, 0.6) is 0 Å². The maximum Gasteiger partial charge on any atom is 0.270 e. The van der Waals surface area contributed by atoms with Crippen LogP contribution in [-0.2, 0) is 9.84 Å². The number of hydrogen-bond acceptors (Lipinski definition) is 4. The number of aryl methyl sites for hydroxylation is 1. The molecular formula is C15H17N3O3S. The van der Waals surface area contributed by atoms with Crippen molar-refractivity contribution in [3.8, 4) is 5.69 Å². The predicted molar refractivity (Wildman–Crippen MR) is 82.8 cm³/mol. The zero-order valence-electron chi connectivity index (χ0n) is 12.2. The van der Waals surface area contributed by atoms with Crippen LogP contribution >= 0.6 is 0 Å². The Bertz CT molecular complexity index is 797. The highest BCUT2D eigenvalue weighted by molar-refractivity contribution is 7.91. The average Bonchev–Trinajstić information content (AvgIpc) is 3.02. The first-order valence-electron chi connectivity index (χ1n) is 7.08.